The third-order valence-corrected chi connectivity index (χ3v) is 5.50. The van der Waals surface area contributed by atoms with Crippen molar-refractivity contribution in [1.29, 1.82) is 0 Å². The van der Waals surface area contributed by atoms with Gasteiger partial charge in [0.2, 0.25) is 5.91 Å². The van der Waals surface area contributed by atoms with Crippen LogP contribution < -0.4 is 21.3 Å². The highest BCUT2D eigenvalue weighted by Gasteiger charge is 2.19. The second kappa shape index (κ2) is 9.34. The number of carbonyl (C=O) groups is 1. The van der Waals surface area contributed by atoms with Crippen LogP contribution in [0, 0.1) is 12.8 Å². The fraction of sp³-hybridized carbons (Fsp3) is 0.381. The lowest BCUT2D eigenvalue weighted by Crippen LogP contribution is -2.39. The molecule has 0 fully saturated rings. The van der Waals surface area contributed by atoms with Gasteiger partial charge in [0.25, 0.3) is 5.56 Å². The Morgan fingerprint density at radius 3 is 2.61 bits per heavy atom. The second-order valence-electron chi connectivity index (χ2n) is 7.46. The van der Waals surface area contributed by atoms with Crippen molar-refractivity contribution in [2.45, 2.75) is 32.3 Å². The number of aryl methyl sites for hydroxylation is 1. The number of rotatable bonds is 7. The molecule has 0 aliphatic rings. The smallest absolute Gasteiger partial charge is 0.332 e. The first kappa shape index (κ1) is 22.5. The third kappa shape index (κ3) is 4.79. The fourth-order valence-corrected chi connectivity index (χ4v) is 4.00. The Morgan fingerprint density at radius 2 is 1.94 bits per heavy atom. The number of nitrogens with zero attached hydrogens (tertiary/aromatic N) is 4. The van der Waals surface area contributed by atoms with Gasteiger partial charge in [0.05, 0.1) is 18.6 Å². The van der Waals surface area contributed by atoms with E-state index in [1.807, 2.05) is 19.9 Å². The van der Waals surface area contributed by atoms with Crippen LogP contribution in [0.3, 0.4) is 0 Å². The fourth-order valence-electron chi connectivity index (χ4n) is 3.14. The summed E-state index contributed by atoms with van der Waals surface area (Å²) in [6.07, 6.45) is 0. The zero-order valence-corrected chi connectivity index (χ0v) is 18.9. The van der Waals surface area contributed by atoms with Gasteiger partial charge in [-0.1, -0.05) is 37.7 Å². The number of amides is 1. The minimum absolute atomic E-state index is 0.0239. The Kier molecular flexibility index (Phi) is 6.79. The van der Waals surface area contributed by atoms with Crippen LogP contribution in [0.4, 0.5) is 5.69 Å². The number of carbonyl (C=O) groups excluding carboxylic acids is 1. The number of para-hydroxylation sites is 2. The maximum atomic E-state index is 12.9. The molecule has 3 rings (SSSR count). The molecule has 1 aromatic carbocycles. The molecule has 31 heavy (non-hydrogen) atoms. The number of fused-ring (bicyclic) bond motifs is 1. The Labute approximate surface area is 183 Å². The molecule has 0 bridgehead atoms. The van der Waals surface area contributed by atoms with Crippen LogP contribution in [0.15, 0.2) is 38.9 Å². The number of benzene rings is 1. The van der Waals surface area contributed by atoms with E-state index in [0.29, 0.717) is 34.5 Å². The van der Waals surface area contributed by atoms with Crippen LogP contribution >= 0.6 is 11.8 Å². The molecule has 2 heterocycles. The molecule has 164 valence electrons. The highest BCUT2D eigenvalue weighted by Crippen LogP contribution is 2.25. The highest BCUT2D eigenvalue weighted by atomic mass is 32.2. The molecule has 0 radical (unpaired) electrons. The molecule has 3 aromatic rings. The van der Waals surface area contributed by atoms with Crippen LogP contribution in [-0.4, -0.2) is 37.9 Å². The summed E-state index contributed by atoms with van der Waals surface area (Å²) < 4.78 is 7.80. The molecule has 0 unspecified atom stereocenters. The lowest BCUT2D eigenvalue weighted by atomic mass is 10.2. The molecule has 0 spiro atoms. The van der Waals surface area contributed by atoms with Crippen LogP contribution in [0.25, 0.3) is 11.0 Å². The van der Waals surface area contributed by atoms with Crippen molar-refractivity contribution in [3.05, 3.63) is 50.9 Å². The zero-order chi connectivity index (χ0) is 22.7. The summed E-state index contributed by atoms with van der Waals surface area (Å²) in [7, 11) is 2.96. The Hall–Kier alpha value is -3.14. The first-order chi connectivity index (χ1) is 14.7. The normalized spacial score (nSPS) is 11.2. The second-order valence-corrected chi connectivity index (χ2v) is 8.43. The van der Waals surface area contributed by atoms with Gasteiger partial charge in [0.1, 0.15) is 22.0 Å². The van der Waals surface area contributed by atoms with Crippen molar-refractivity contribution in [2.24, 2.45) is 13.0 Å². The summed E-state index contributed by atoms with van der Waals surface area (Å²) in [6.45, 7) is 6.07. The minimum atomic E-state index is -0.479. The summed E-state index contributed by atoms with van der Waals surface area (Å²) in [5, 5.41) is 3.41. The number of ether oxygens (including phenoxy) is 1. The van der Waals surface area contributed by atoms with E-state index in [1.54, 1.807) is 25.1 Å². The summed E-state index contributed by atoms with van der Waals surface area (Å²) in [4.78, 5) is 46.8. The van der Waals surface area contributed by atoms with E-state index >= 15 is 0 Å². The standard InChI is InChI=1S/C21H25N5O4S/c1-12(2)10-26-18-17(20(28)25(4)21(26)29)19(23-13(3)22-18)31-11-16(27)24-14-8-6-7-9-15(14)30-5/h6-9,12H,10-11H2,1-5H3,(H,24,27). The Balaban J connectivity index is 1.97. The van der Waals surface area contributed by atoms with Gasteiger partial charge in [-0.05, 0) is 25.0 Å². The molecule has 2 aromatic heterocycles. The number of methoxy groups -OCH3 is 1. The molecule has 0 aliphatic heterocycles. The van der Waals surface area contributed by atoms with E-state index in [1.165, 1.54) is 18.7 Å². The van der Waals surface area contributed by atoms with E-state index < -0.39 is 11.2 Å². The minimum Gasteiger partial charge on any atom is -0.495 e. The number of nitrogens with one attached hydrogen (secondary N) is 1. The molecule has 0 saturated carbocycles. The highest BCUT2D eigenvalue weighted by molar-refractivity contribution is 8.00. The third-order valence-electron chi connectivity index (χ3n) is 4.53. The molecule has 1 amide bonds. The first-order valence-electron chi connectivity index (χ1n) is 9.76. The van der Waals surface area contributed by atoms with Crippen LogP contribution in [0.5, 0.6) is 5.75 Å². The van der Waals surface area contributed by atoms with Gasteiger partial charge >= 0.3 is 5.69 Å². The van der Waals surface area contributed by atoms with Crippen LogP contribution in [0.1, 0.15) is 19.7 Å². The van der Waals surface area contributed by atoms with Crippen molar-refractivity contribution < 1.29 is 9.53 Å². The topological polar surface area (TPSA) is 108 Å². The SMILES string of the molecule is COc1ccccc1NC(=O)CSc1nc(C)nc2c1c(=O)n(C)c(=O)n2CC(C)C. The van der Waals surface area contributed by atoms with Crippen molar-refractivity contribution >= 4 is 34.4 Å². The van der Waals surface area contributed by atoms with Crippen molar-refractivity contribution in [2.75, 3.05) is 18.2 Å². The van der Waals surface area contributed by atoms with E-state index in [9.17, 15) is 14.4 Å². The number of aromatic nitrogens is 4. The summed E-state index contributed by atoms with van der Waals surface area (Å²) in [5.41, 5.74) is -0.0512. The van der Waals surface area contributed by atoms with E-state index in [2.05, 4.69) is 15.3 Å². The van der Waals surface area contributed by atoms with Crippen molar-refractivity contribution in [3.63, 3.8) is 0 Å². The molecule has 0 aliphatic carbocycles. The molecule has 10 heteroatoms. The van der Waals surface area contributed by atoms with E-state index in [-0.39, 0.29) is 23.0 Å². The molecule has 1 N–H and O–H groups in total. The Bertz CT molecular complexity index is 1250. The average Bonchev–Trinajstić information content (AvgIpc) is 2.73. The predicted molar refractivity (Wildman–Crippen MR) is 121 cm³/mol. The van der Waals surface area contributed by atoms with Crippen LogP contribution in [-0.2, 0) is 18.4 Å². The number of hydrogen-bond donors (Lipinski definition) is 1. The summed E-state index contributed by atoms with van der Waals surface area (Å²) >= 11 is 1.13. The van der Waals surface area contributed by atoms with Crippen LogP contribution in [0.2, 0.25) is 0 Å². The summed E-state index contributed by atoms with van der Waals surface area (Å²) in [6, 6.07) is 7.10. The lowest BCUT2D eigenvalue weighted by Gasteiger charge is -2.15. The molecule has 0 saturated heterocycles. The van der Waals surface area contributed by atoms with Gasteiger partial charge in [-0.15, -0.1) is 0 Å². The summed E-state index contributed by atoms with van der Waals surface area (Å²) in [5.74, 6) is 0.902. The zero-order valence-electron chi connectivity index (χ0n) is 18.1. The number of thioether (sulfide) groups is 1. The van der Waals surface area contributed by atoms with Gasteiger partial charge in [-0.3, -0.25) is 18.7 Å². The first-order valence-corrected chi connectivity index (χ1v) is 10.7. The van der Waals surface area contributed by atoms with E-state index in [4.69, 9.17) is 4.74 Å². The van der Waals surface area contributed by atoms with Crippen molar-refractivity contribution in [1.82, 2.24) is 19.1 Å². The molecular formula is C21H25N5O4S. The average molecular weight is 444 g/mol. The predicted octanol–water partition coefficient (Wildman–Crippen LogP) is 2.19. The number of anilines is 1. The quantitative estimate of drug-likeness (QED) is 0.440. The van der Waals surface area contributed by atoms with Gasteiger partial charge in [-0.2, -0.15) is 0 Å². The largest absolute Gasteiger partial charge is 0.495 e. The van der Waals surface area contributed by atoms with Gasteiger partial charge in [0, 0.05) is 13.6 Å². The van der Waals surface area contributed by atoms with E-state index in [0.717, 1.165) is 16.3 Å². The Morgan fingerprint density at radius 1 is 1.23 bits per heavy atom. The van der Waals surface area contributed by atoms with Gasteiger partial charge < -0.3 is 10.1 Å². The van der Waals surface area contributed by atoms with Crippen molar-refractivity contribution in [3.8, 4) is 5.75 Å². The maximum Gasteiger partial charge on any atom is 0.332 e. The van der Waals surface area contributed by atoms with Gasteiger partial charge in [-0.25, -0.2) is 14.8 Å². The molecule has 9 nitrogen and oxygen atoms in total. The maximum absolute atomic E-state index is 12.9. The molecular weight excluding hydrogens is 418 g/mol. The van der Waals surface area contributed by atoms with Gasteiger partial charge in [0.15, 0.2) is 5.65 Å². The molecule has 0 atom stereocenters. The lowest BCUT2D eigenvalue weighted by molar-refractivity contribution is -0.113. The monoisotopic (exact) mass is 443 g/mol. The number of hydrogen-bond acceptors (Lipinski definition) is 7.